The normalized spacial score (nSPS) is 11.7. The lowest BCUT2D eigenvalue weighted by Gasteiger charge is -2.28. The number of carbonyl (C=O) groups excluding carboxylic acids is 1. The molecule has 0 fully saturated rings. The highest BCUT2D eigenvalue weighted by atomic mass is 19.1. The van der Waals surface area contributed by atoms with Crippen molar-refractivity contribution in [2.75, 3.05) is 11.7 Å². The van der Waals surface area contributed by atoms with Crippen LogP contribution in [0.2, 0.25) is 0 Å². The molecule has 1 aromatic rings. The number of hydrogen-bond acceptors (Lipinski definition) is 4. The van der Waals surface area contributed by atoms with Crippen molar-refractivity contribution in [1.29, 1.82) is 0 Å². The number of aliphatic carboxylic acids is 1. The first-order valence-electron chi connectivity index (χ1n) is 5.35. The standard InChI is InChI=1S/C12H14FNO4/c1-9(15)18-14(10-5-3-2-4-6-10)11(8-13)7-12(16)17/h2-6,11H,7-8H2,1H3,(H,16,17). The fourth-order valence-electron chi connectivity index (χ4n) is 1.45. The van der Waals surface area contributed by atoms with Crippen molar-refractivity contribution in [3.63, 3.8) is 0 Å². The summed E-state index contributed by atoms with van der Waals surface area (Å²) in [6.07, 6.45) is -0.460. The van der Waals surface area contributed by atoms with Crippen LogP contribution in [0.1, 0.15) is 13.3 Å². The monoisotopic (exact) mass is 255 g/mol. The molecular formula is C12H14FNO4. The van der Waals surface area contributed by atoms with Crippen LogP contribution in [-0.2, 0) is 14.4 Å². The molecule has 98 valence electrons. The molecule has 0 heterocycles. The lowest BCUT2D eigenvalue weighted by Crippen LogP contribution is -2.40. The molecule has 0 saturated carbocycles. The summed E-state index contributed by atoms with van der Waals surface area (Å²) < 4.78 is 12.9. The lowest BCUT2D eigenvalue weighted by atomic mass is 10.2. The fraction of sp³-hybridized carbons (Fsp3) is 0.333. The SMILES string of the molecule is CC(=O)ON(c1ccccc1)C(CF)CC(=O)O. The quantitative estimate of drug-likeness (QED) is 0.785. The van der Waals surface area contributed by atoms with Crippen LogP contribution in [0.15, 0.2) is 30.3 Å². The Kier molecular flexibility index (Phi) is 5.10. The van der Waals surface area contributed by atoms with Crippen molar-refractivity contribution < 1.29 is 23.9 Å². The Morgan fingerprint density at radius 1 is 1.39 bits per heavy atom. The third-order valence-electron chi connectivity index (χ3n) is 2.16. The second-order valence-electron chi connectivity index (χ2n) is 3.65. The zero-order chi connectivity index (χ0) is 13.5. The molecule has 5 nitrogen and oxygen atoms in total. The molecule has 1 N–H and O–H groups in total. The van der Waals surface area contributed by atoms with Crippen LogP contribution in [0.25, 0.3) is 0 Å². The number of nitrogens with zero attached hydrogens (tertiary/aromatic N) is 1. The third-order valence-corrected chi connectivity index (χ3v) is 2.16. The van der Waals surface area contributed by atoms with E-state index >= 15 is 0 Å². The molecule has 1 atom stereocenters. The van der Waals surface area contributed by atoms with Gasteiger partial charge in [-0.1, -0.05) is 18.2 Å². The highest BCUT2D eigenvalue weighted by Crippen LogP contribution is 2.19. The van der Waals surface area contributed by atoms with Gasteiger partial charge < -0.3 is 9.94 Å². The highest BCUT2D eigenvalue weighted by molar-refractivity contribution is 5.70. The van der Waals surface area contributed by atoms with Gasteiger partial charge in [0.25, 0.3) is 0 Å². The number of rotatable bonds is 6. The molecule has 0 bridgehead atoms. The van der Waals surface area contributed by atoms with Crippen molar-refractivity contribution in [3.8, 4) is 0 Å². The molecule has 18 heavy (non-hydrogen) atoms. The topological polar surface area (TPSA) is 66.8 Å². The number of alkyl halides is 1. The average Bonchev–Trinajstić information content (AvgIpc) is 2.34. The molecule has 0 aromatic heterocycles. The number of para-hydroxylation sites is 1. The van der Waals surface area contributed by atoms with E-state index < -0.39 is 31.1 Å². The second-order valence-corrected chi connectivity index (χ2v) is 3.65. The molecule has 0 radical (unpaired) electrons. The van der Waals surface area contributed by atoms with Gasteiger partial charge in [0.1, 0.15) is 12.7 Å². The first kappa shape index (κ1) is 14.0. The minimum Gasteiger partial charge on any atom is -0.481 e. The van der Waals surface area contributed by atoms with E-state index in [1.165, 1.54) is 6.92 Å². The van der Waals surface area contributed by atoms with Crippen LogP contribution >= 0.6 is 0 Å². The van der Waals surface area contributed by atoms with Crippen LogP contribution in [-0.4, -0.2) is 29.8 Å². The van der Waals surface area contributed by atoms with Gasteiger partial charge in [0.05, 0.1) is 12.1 Å². The predicted molar refractivity (Wildman–Crippen MR) is 62.7 cm³/mol. The Labute approximate surface area is 104 Å². The maximum absolute atomic E-state index is 12.9. The van der Waals surface area contributed by atoms with Gasteiger partial charge in [-0.05, 0) is 12.1 Å². The molecule has 0 amide bonds. The number of hydroxylamine groups is 1. The molecule has 0 spiro atoms. The van der Waals surface area contributed by atoms with Crippen LogP contribution in [0.4, 0.5) is 10.1 Å². The van der Waals surface area contributed by atoms with E-state index in [1.54, 1.807) is 30.3 Å². The zero-order valence-electron chi connectivity index (χ0n) is 9.88. The molecule has 0 saturated heterocycles. The van der Waals surface area contributed by atoms with E-state index in [1.807, 2.05) is 0 Å². The molecule has 1 rings (SSSR count). The number of carboxylic acid groups (broad SMARTS) is 1. The summed E-state index contributed by atoms with van der Waals surface area (Å²) in [7, 11) is 0. The summed E-state index contributed by atoms with van der Waals surface area (Å²) in [6, 6.07) is 7.27. The predicted octanol–water partition coefficient (Wildman–Crippen LogP) is 1.78. The minimum absolute atomic E-state index is 0.427. The van der Waals surface area contributed by atoms with Gasteiger partial charge in [-0.2, -0.15) is 0 Å². The van der Waals surface area contributed by atoms with Gasteiger partial charge in [-0.25, -0.2) is 9.45 Å². The third kappa shape index (κ3) is 4.04. The van der Waals surface area contributed by atoms with E-state index in [0.29, 0.717) is 5.69 Å². The van der Waals surface area contributed by atoms with E-state index in [0.717, 1.165) is 5.06 Å². The van der Waals surface area contributed by atoms with Gasteiger partial charge in [-0.3, -0.25) is 9.59 Å². The number of carbonyl (C=O) groups is 2. The van der Waals surface area contributed by atoms with Crippen molar-refractivity contribution in [1.82, 2.24) is 0 Å². The van der Waals surface area contributed by atoms with Gasteiger partial charge in [0.15, 0.2) is 0 Å². The smallest absolute Gasteiger partial charge is 0.329 e. The van der Waals surface area contributed by atoms with Crippen molar-refractivity contribution in [2.45, 2.75) is 19.4 Å². The largest absolute Gasteiger partial charge is 0.481 e. The maximum Gasteiger partial charge on any atom is 0.329 e. The Morgan fingerprint density at radius 2 is 2.00 bits per heavy atom. The number of benzene rings is 1. The summed E-state index contributed by atoms with van der Waals surface area (Å²) in [5, 5.41) is 9.71. The van der Waals surface area contributed by atoms with Crippen LogP contribution in [0.5, 0.6) is 0 Å². The summed E-state index contributed by atoms with van der Waals surface area (Å²) in [4.78, 5) is 26.5. The molecule has 1 aromatic carbocycles. The average molecular weight is 255 g/mol. The first-order chi connectivity index (χ1) is 8.54. The Bertz CT molecular complexity index is 410. The first-order valence-corrected chi connectivity index (χ1v) is 5.35. The van der Waals surface area contributed by atoms with Crippen molar-refractivity contribution in [3.05, 3.63) is 30.3 Å². The summed E-state index contributed by atoms with van der Waals surface area (Å²) in [5.74, 6) is -1.80. The number of hydrogen-bond donors (Lipinski definition) is 1. The summed E-state index contributed by atoms with van der Waals surface area (Å²) in [6.45, 7) is 0.237. The molecule has 0 aliphatic rings. The minimum atomic E-state index is -1.16. The molecule has 0 aliphatic heterocycles. The number of carboxylic acids is 1. The van der Waals surface area contributed by atoms with Crippen molar-refractivity contribution in [2.24, 2.45) is 0 Å². The number of halogens is 1. The Hall–Kier alpha value is -2.11. The molecule has 1 unspecified atom stereocenters. The van der Waals surface area contributed by atoms with E-state index in [2.05, 4.69) is 0 Å². The summed E-state index contributed by atoms with van der Waals surface area (Å²) >= 11 is 0. The maximum atomic E-state index is 12.9. The summed E-state index contributed by atoms with van der Waals surface area (Å²) in [5.41, 5.74) is 0.427. The van der Waals surface area contributed by atoms with Crippen molar-refractivity contribution >= 4 is 17.6 Å². The van der Waals surface area contributed by atoms with Gasteiger partial charge in [0.2, 0.25) is 0 Å². The molecule has 0 aliphatic carbocycles. The van der Waals surface area contributed by atoms with Crippen LogP contribution < -0.4 is 5.06 Å². The lowest BCUT2D eigenvalue weighted by molar-refractivity contribution is -0.146. The highest BCUT2D eigenvalue weighted by Gasteiger charge is 2.24. The molecule has 6 heteroatoms. The Morgan fingerprint density at radius 3 is 2.44 bits per heavy atom. The Balaban J connectivity index is 2.96. The van der Waals surface area contributed by atoms with Crippen LogP contribution in [0.3, 0.4) is 0 Å². The zero-order valence-corrected chi connectivity index (χ0v) is 9.88. The van der Waals surface area contributed by atoms with E-state index in [9.17, 15) is 14.0 Å². The van der Waals surface area contributed by atoms with Gasteiger partial charge >= 0.3 is 11.9 Å². The van der Waals surface area contributed by atoms with Crippen LogP contribution in [0, 0.1) is 0 Å². The molecular weight excluding hydrogens is 241 g/mol. The number of anilines is 1. The van der Waals surface area contributed by atoms with E-state index in [4.69, 9.17) is 9.94 Å². The van der Waals surface area contributed by atoms with E-state index in [-0.39, 0.29) is 0 Å². The fourth-order valence-corrected chi connectivity index (χ4v) is 1.45. The van der Waals surface area contributed by atoms with Gasteiger partial charge in [0, 0.05) is 6.92 Å². The van der Waals surface area contributed by atoms with Gasteiger partial charge in [-0.15, -0.1) is 0 Å². The second kappa shape index (κ2) is 6.58.